The largest absolute Gasteiger partial charge is 0.506 e. The number of nitrogens with zero attached hydrogens (tertiary/aromatic N) is 2. The van der Waals surface area contributed by atoms with Crippen molar-refractivity contribution < 1.29 is 14.6 Å². The van der Waals surface area contributed by atoms with E-state index in [1.807, 2.05) is 48.2 Å². The van der Waals surface area contributed by atoms with Crippen LogP contribution in [-0.2, 0) is 0 Å². The number of H-pyrrole nitrogens is 1. The molecule has 6 nitrogen and oxygen atoms in total. The molecule has 2 aromatic heterocycles. The molecular weight excluding hydrogens is 482 g/mol. The molecule has 0 unspecified atom stereocenters. The molecule has 2 aliphatic heterocycles. The number of benzene rings is 2. The number of aromatic hydroxyl groups is 1. The first-order valence-electron chi connectivity index (χ1n) is 12.1. The molecule has 1 amide bonds. The number of alkyl halides is 1. The van der Waals surface area contributed by atoms with Gasteiger partial charge < -0.3 is 19.7 Å². The maximum Gasteiger partial charge on any atom is 0.274 e. The van der Waals surface area contributed by atoms with Crippen molar-refractivity contribution in [1.82, 2.24) is 9.88 Å². The molecule has 1 fully saturated rings. The number of hydrogen-bond acceptors (Lipinski definition) is 5. The van der Waals surface area contributed by atoms with Crippen LogP contribution in [0.3, 0.4) is 0 Å². The summed E-state index contributed by atoms with van der Waals surface area (Å²) in [5, 5.41) is 12.2. The number of carbonyl (C=O) groups excluding carboxylic acids is 1. The SMILES string of the molecule is Cc1sc2c3c(ccc2c1O)N(C(=O)c1cc2cc(OCCN4CCCC4)ccc2[nH]1)C[C@@H]3CCl. The highest BCUT2D eigenvalue weighted by molar-refractivity contribution is 7.19. The molecule has 2 N–H and O–H groups in total. The molecule has 2 aromatic carbocycles. The monoisotopic (exact) mass is 509 g/mol. The summed E-state index contributed by atoms with van der Waals surface area (Å²) in [6.45, 7) is 6.37. The van der Waals surface area contributed by atoms with Gasteiger partial charge in [-0.15, -0.1) is 22.9 Å². The molecule has 0 radical (unpaired) electrons. The molecule has 1 atom stereocenters. The lowest BCUT2D eigenvalue weighted by Gasteiger charge is -2.16. The number of ether oxygens (including phenoxy) is 1. The van der Waals surface area contributed by atoms with Crippen molar-refractivity contribution in [3.63, 3.8) is 0 Å². The summed E-state index contributed by atoms with van der Waals surface area (Å²) in [7, 11) is 0. The average Bonchev–Trinajstić information content (AvgIpc) is 3.64. The molecule has 0 spiro atoms. The molecule has 4 aromatic rings. The summed E-state index contributed by atoms with van der Waals surface area (Å²) in [6.07, 6.45) is 2.55. The minimum atomic E-state index is -0.0802. The molecule has 1 saturated heterocycles. The van der Waals surface area contributed by atoms with Crippen LogP contribution in [0, 0.1) is 6.92 Å². The van der Waals surface area contributed by atoms with E-state index in [4.69, 9.17) is 16.3 Å². The number of carbonyl (C=O) groups is 1. The van der Waals surface area contributed by atoms with Crippen molar-refractivity contribution in [2.24, 2.45) is 0 Å². The van der Waals surface area contributed by atoms with Crippen molar-refractivity contribution in [1.29, 1.82) is 0 Å². The molecule has 6 rings (SSSR count). The Kier molecular flexibility index (Phi) is 5.87. The van der Waals surface area contributed by atoms with Crippen LogP contribution in [0.1, 0.15) is 39.7 Å². The van der Waals surface area contributed by atoms with Gasteiger partial charge in [-0.2, -0.15) is 0 Å². The minimum absolute atomic E-state index is 0.0248. The minimum Gasteiger partial charge on any atom is -0.506 e. The number of anilines is 1. The first kappa shape index (κ1) is 22.7. The second-order valence-corrected chi connectivity index (χ2v) is 11.0. The summed E-state index contributed by atoms with van der Waals surface area (Å²) in [6, 6.07) is 11.7. The number of fused-ring (bicyclic) bond motifs is 4. The van der Waals surface area contributed by atoms with Gasteiger partial charge in [0.15, 0.2) is 0 Å². The number of halogens is 1. The number of aromatic amines is 1. The molecule has 2 aliphatic rings. The Hall–Kier alpha value is -2.74. The average molecular weight is 510 g/mol. The fraction of sp³-hybridized carbons (Fsp3) is 0.370. The lowest BCUT2D eigenvalue weighted by atomic mass is 10.0. The first-order chi connectivity index (χ1) is 17.0. The smallest absolute Gasteiger partial charge is 0.274 e. The molecule has 0 bridgehead atoms. The second kappa shape index (κ2) is 9.04. The maximum atomic E-state index is 13.6. The summed E-state index contributed by atoms with van der Waals surface area (Å²) < 4.78 is 7.01. The Morgan fingerprint density at radius 1 is 1.23 bits per heavy atom. The highest BCUT2D eigenvalue weighted by atomic mass is 35.5. The molecule has 35 heavy (non-hydrogen) atoms. The zero-order valence-electron chi connectivity index (χ0n) is 19.6. The van der Waals surface area contributed by atoms with Crippen molar-refractivity contribution in [3.8, 4) is 11.5 Å². The number of aryl methyl sites for hydroxylation is 1. The quantitative estimate of drug-likeness (QED) is 0.320. The van der Waals surface area contributed by atoms with Crippen LogP contribution < -0.4 is 9.64 Å². The van der Waals surface area contributed by atoms with Gasteiger partial charge in [-0.1, -0.05) is 0 Å². The topological polar surface area (TPSA) is 68.8 Å². The second-order valence-electron chi connectivity index (χ2n) is 9.48. The van der Waals surface area contributed by atoms with E-state index in [1.54, 1.807) is 11.3 Å². The lowest BCUT2D eigenvalue weighted by Crippen LogP contribution is -2.30. The predicted molar refractivity (Wildman–Crippen MR) is 143 cm³/mol. The van der Waals surface area contributed by atoms with Crippen molar-refractivity contribution in [2.75, 3.05) is 43.6 Å². The number of amides is 1. The highest BCUT2D eigenvalue weighted by Crippen LogP contribution is 2.48. The van der Waals surface area contributed by atoms with Crippen LogP contribution in [0.2, 0.25) is 0 Å². The van der Waals surface area contributed by atoms with Crippen LogP contribution >= 0.6 is 22.9 Å². The third kappa shape index (κ3) is 3.96. The Morgan fingerprint density at radius 2 is 2.06 bits per heavy atom. The van der Waals surface area contributed by atoms with Crippen LogP contribution in [0.25, 0.3) is 21.0 Å². The molecule has 182 valence electrons. The van der Waals surface area contributed by atoms with E-state index in [1.165, 1.54) is 12.8 Å². The number of likely N-dealkylation sites (tertiary alicyclic amines) is 1. The van der Waals surface area contributed by atoms with E-state index in [0.29, 0.717) is 30.5 Å². The third-order valence-electron chi connectivity index (χ3n) is 7.25. The van der Waals surface area contributed by atoms with Gasteiger partial charge in [0.25, 0.3) is 5.91 Å². The normalized spacial score (nSPS) is 18.1. The molecular formula is C27H28ClN3O3S. The van der Waals surface area contributed by atoms with E-state index >= 15 is 0 Å². The maximum absolute atomic E-state index is 13.6. The van der Waals surface area contributed by atoms with Crippen molar-refractivity contribution in [2.45, 2.75) is 25.7 Å². The number of thiophene rings is 1. The standard InChI is InChI=1S/C27H28ClN3O3S/c1-16-25(32)20-5-7-23-24(26(20)35-16)18(14-28)15-31(23)27(33)22-13-17-12-19(4-6-21(17)29-22)34-11-10-30-8-2-3-9-30/h4-7,12-13,18,29,32H,2-3,8-11,14-15H2,1H3/t18-/m0/s1. The summed E-state index contributed by atoms with van der Waals surface area (Å²) >= 11 is 7.90. The van der Waals surface area contributed by atoms with E-state index in [2.05, 4.69) is 9.88 Å². The van der Waals surface area contributed by atoms with Crippen molar-refractivity contribution >= 4 is 55.5 Å². The van der Waals surface area contributed by atoms with Crippen LogP contribution in [0.15, 0.2) is 36.4 Å². The fourth-order valence-electron chi connectivity index (χ4n) is 5.39. The van der Waals surface area contributed by atoms with Crippen molar-refractivity contribution in [3.05, 3.63) is 52.5 Å². The van der Waals surface area contributed by atoms with Gasteiger partial charge in [0.05, 0.1) is 0 Å². The zero-order valence-corrected chi connectivity index (χ0v) is 21.2. The van der Waals surface area contributed by atoms with Gasteiger partial charge in [-0.25, -0.2) is 0 Å². The Bertz CT molecular complexity index is 1420. The number of nitrogens with one attached hydrogen (secondary N) is 1. The lowest BCUT2D eigenvalue weighted by molar-refractivity contribution is 0.0984. The van der Waals surface area contributed by atoms with E-state index < -0.39 is 0 Å². The molecule has 4 heterocycles. The first-order valence-corrected chi connectivity index (χ1v) is 13.5. The summed E-state index contributed by atoms with van der Waals surface area (Å²) in [5.41, 5.74) is 3.38. The van der Waals surface area contributed by atoms with E-state index in [0.717, 1.165) is 62.5 Å². The number of hydrogen-bond donors (Lipinski definition) is 2. The van der Waals surface area contributed by atoms with Gasteiger partial charge in [0.2, 0.25) is 0 Å². The van der Waals surface area contributed by atoms with Crippen LogP contribution in [0.4, 0.5) is 5.69 Å². The van der Waals surface area contributed by atoms with Gasteiger partial charge >= 0.3 is 0 Å². The van der Waals surface area contributed by atoms with Crippen LogP contribution in [0.5, 0.6) is 11.5 Å². The molecule has 0 saturated carbocycles. The van der Waals surface area contributed by atoms with Gasteiger partial charge in [-0.05, 0) is 74.8 Å². The van der Waals surface area contributed by atoms with E-state index in [9.17, 15) is 9.90 Å². The zero-order chi connectivity index (χ0) is 24.1. The molecule has 8 heteroatoms. The highest BCUT2D eigenvalue weighted by Gasteiger charge is 2.35. The molecule has 0 aliphatic carbocycles. The predicted octanol–water partition coefficient (Wildman–Crippen LogP) is 5.85. The number of aromatic nitrogens is 1. The Labute approximate surface area is 213 Å². The fourth-order valence-corrected chi connectivity index (χ4v) is 6.82. The van der Waals surface area contributed by atoms with Crippen LogP contribution in [-0.4, -0.2) is 59.6 Å². The summed E-state index contributed by atoms with van der Waals surface area (Å²) in [4.78, 5) is 22.0. The van der Waals surface area contributed by atoms with Gasteiger partial charge in [-0.3, -0.25) is 9.69 Å². The van der Waals surface area contributed by atoms with E-state index in [-0.39, 0.29) is 11.8 Å². The summed E-state index contributed by atoms with van der Waals surface area (Å²) in [5.74, 6) is 1.50. The number of rotatable bonds is 6. The van der Waals surface area contributed by atoms with Gasteiger partial charge in [0, 0.05) is 56.4 Å². The Balaban J connectivity index is 1.25. The Morgan fingerprint density at radius 3 is 2.86 bits per heavy atom. The van der Waals surface area contributed by atoms with Gasteiger partial charge in [0.1, 0.15) is 23.8 Å². The third-order valence-corrected chi connectivity index (χ3v) is 8.76.